The van der Waals surface area contributed by atoms with E-state index in [1.165, 1.54) is 32.1 Å². The van der Waals surface area contributed by atoms with E-state index in [0.29, 0.717) is 11.8 Å². The van der Waals surface area contributed by atoms with E-state index in [0.717, 1.165) is 32.4 Å². The van der Waals surface area contributed by atoms with Crippen molar-refractivity contribution in [2.75, 3.05) is 13.1 Å². The summed E-state index contributed by atoms with van der Waals surface area (Å²) < 4.78 is 0. The van der Waals surface area contributed by atoms with Gasteiger partial charge in [0.2, 0.25) is 5.91 Å². The summed E-state index contributed by atoms with van der Waals surface area (Å²) in [4.78, 5) is 14.3. The van der Waals surface area contributed by atoms with E-state index in [-0.39, 0.29) is 18.4 Å². The predicted molar refractivity (Wildman–Crippen MR) is 72.2 cm³/mol. The molecule has 0 spiro atoms. The molecule has 2 aliphatic rings. The molecule has 1 heterocycles. The van der Waals surface area contributed by atoms with Crippen LogP contribution in [0.3, 0.4) is 0 Å². The summed E-state index contributed by atoms with van der Waals surface area (Å²) in [5.41, 5.74) is 5.85. The van der Waals surface area contributed by atoms with E-state index < -0.39 is 0 Å². The fraction of sp³-hybridized carbons (Fsp3) is 0.923. The van der Waals surface area contributed by atoms with Gasteiger partial charge in [-0.2, -0.15) is 0 Å². The van der Waals surface area contributed by atoms with Crippen LogP contribution in [0.5, 0.6) is 0 Å². The SMILES string of the molecule is Cl.NC1CCN(C(=O)C2CCCCCCC2)C1. The maximum Gasteiger partial charge on any atom is 0.225 e. The minimum absolute atomic E-state index is 0. The zero-order valence-corrected chi connectivity index (χ0v) is 11.4. The van der Waals surface area contributed by atoms with Crippen LogP contribution in [-0.4, -0.2) is 29.9 Å². The van der Waals surface area contributed by atoms with Gasteiger partial charge >= 0.3 is 0 Å². The van der Waals surface area contributed by atoms with Gasteiger partial charge in [0.15, 0.2) is 0 Å². The van der Waals surface area contributed by atoms with Gasteiger partial charge in [-0.3, -0.25) is 4.79 Å². The van der Waals surface area contributed by atoms with Crippen LogP contribution in [-0.2, 0) is 4.79 Å². The summed E-state index contributed by atoms with van der Waals surface area (Å²) in [5.74, 6) is 0.681. The van der Waals surface area contributed by atoms with Crippen molar-refractivity contribution in [2.45, 2.75) is 57.4 Å². The maximum absolute atomic E-state index is 12.3. The van der Waals surface area contributed by atoms with Crippen LogP contribution < -0.4 is 5.73 Å². The topological polar surface area (TPSA) is 46.3 Å². The first kappa shape index (κ1) is 14.8. The van der Waals surface area contributed by atoms with Crippen LogP contribution in [0.25, 0.3) is 0 Å². The predicted octanol–water partition coefficient (Wildman–Crippen LogP) is 2.33. The molecule has 1 aliphatic heterocycles. The number of hydrogen-bond acceptors (Lipinski definition) is 2. The normalized spacial score (nSPS) is 27.1. The molecule has 0 bridgehead atoms. The number of nitrogens with zero attached hydrogens (tertiary/aromatic N) is 1. The number of halogens is 1. The van der Waals surface area contributed by atoms with E-state index in [9.17, 15) is 4.79 Å². The summed E-state index contributed by atoms with van der Waals surface area (Å²) in [6.45, 7) is 1.67. The Bertz CT molecular complexity index is 240. The first-order chi connectivity index (χ1) is 7.77. The molecule has 4 heteroatoms. The highest BCUT2D eigenvalue weighted by atomic mass is 35.5. The lowest BCUT2D eigenvalue weighted by atomic mass is 9.90. The largest absolute Gasteiger partial charge is 0.341 e. The molecule has 2 fully saturated rings. The van der Waals surface area contributed by atoms with Gasteiger partial charge in [0.1, 0.15) is 0 Å². The van der Waals surface area contributed by atoms with E-state index in [4.69, 9.17) is 5.73 Å². The van der Waals surface area contributed by atoms with Gasteiger partial charge in [-0.1, -0.05) is 32.1 Å². The number of carbonyl (C=O) groups is 1. The lowest BCUT2D eigenvalue weighted by Crippen LogP contribution is -2.36. The Morgan fingerprint density at radius 2 is 1.59 bits per heavy atom. The van der Waals surface area contributed by atoms with Crippen molar-refractivity contribution < 1.29 is 4.79 Å². The highest BCUT2D eigenvalue weighted by molar-refractivity contribution is 5.85. The third kappa shape index (κ3) is 4.14. The summed E-state index contributed by atoms with van der Waals surface area (Å²) in [6, 6.07) is 0.220. The van der Waals surface area contributed by atoms with Crippen molar-refractivity contribution in [3.05, 3.63) is 0 Å². The Hall–Kier alpha value is -0.280. The van der Waals surface area contributed by atoms with E-state index in [1.807, 2.05) is 4.90 Å². The highest BCUT2D eigenvalue weighted by Crippen LogP contribution is 2.25. The molecule has 1 amide bonds. The fourth-order valence-electron chi connectivity index (χ4n) is 2.95. The van der Waals surface area contributed by atoms with Gasteiger partial charge in [0.25, 0.3) is 0 Å². The smallest absolute Gasteiger partial charge is 0.225 e. The van der Waals surface area contributed by atoms with Crippen LogP contribution in [0.15, 0.2) is 0 Å². The molecule has 1 saturated carbocycles. The molecule has 1 aliphatic carbocycles. The van der Waals surface area contributed by atoms with Gasteiger partial charge in [-0.25, -0.2) is 0 Å². The average molecular weight is 261 g/mol. The van der Waals surface area contributed by atoms with Crippen molar-refractivity contribution in [3.8, 4) is 0 Å². The van der Waals surface area contributed by atoms with E-state index in [2.05, 4.69) is 0 Å². The highest BCUT2D eigenvalue weighted by Gasteiger charge is 2.29. The molecule has 0 aromatic carbocycles. The molecular formula is C13H25ClN2O. The Morgan fingerprint density at radius 1 is 1.00 bits per heavy atom. The number of carbonyl (C=O) groups excluding carboxylic acids is 1. The zero-order valence-electron chi connectivity index (χ0n) is 10.6. The molecule has 2 rings (SSSR count). The lowest BCUT2D eigenvalue weighted by molar-refractivity contribution is -0.135. The first-order valence-electron chi connectivity index (χ1n) is 6.82. The van der Waals surface area contributed by atoms with Gasteiger partial charge in [-0.15, -0.1) is 12.4 Å². The van der Waals surface area contributed by atoms with E-state index in [1.54, 1.807) is 0 Å². The molecular weight excluding hydrogens is 236 g/mol. The Balaban J connectivity index is 0.00000144. The summed E-state index contributed by atoms with van der Waals surface area (Å²) in [7, 11) is 0. The Morgan fingerprint density at radius 3 is 2.12 bits per heavy atom. The number of likely N-dealkylation sites (tertiary alicyclic amines) is 1. The number of hydrogen-bond donors (Lipinski definition) is 1. The fourth-order valence-corrected chi connectivity index (χ4v) is 2.95. The van der Waals surface area contributed by atoms with Gasteiger partial charge in [-0.05, 0) is 19.3 Å². The summed E-state index contributed by atoms with van der Waals surface area (Å²) in [6.07, 6.45) is 9.63. The van der Waals surface area contributed by atoms with Crippen LogP contribution in [0.1, 0.15) is 51.4 Å². The van der Waals surface area contributed by atoms with Crippen LogP contribution in [0.4, 0.5) is 0 Å². The molecule has 17 heavy (non-hydrogen) atoms. The molecule has 100 valence electrons. The molecule has 1 saturated heterocycles. The van der Waals surface area contributed by atoms with Crippen LogP contribution in [0.2, 0.25) is 0 Å². The zero-order chi connectivity index (χ0) is 11.4. The molecule has 0 aromatic heterocycles. The first-order valence-corrected chi connectivity index (χ1v) is 6.82. The molecule has 1 unspecified atom stereocenters. The number of rotatable bonds is 1. The van der Waals surface area contributed by atoms with Crippen molar-refractivity contribution >= 4 is 18.3 Å². The lowest BCUT2D eigenvalue weighted by Gasteiger charge is -2.24. The van der Waals surface area contributed by atoms with Crippen molar-refractivity contribution in [3.63, 3.8) is 0 Å². The summed E-state index contributed by atoms with van der Waals surface area (Å²) in [5, 5.41) is 0. The third-order valence-corrected chi connectivity index (χ3v) is 3.99. The number of amides is 1. The standard InChI is InChI=1S/C13H24N2O.ClH/c14-12-8-9-15(10-12)13(16)11-6-4-2-1-3-5-7-11;/h11-12H,1-10,14H2;1H. The number of nitrogens with two attached hydrogens (primary N) is 1. The third-order valence-electron chi connectivity index (χ3n) is 3.99. The maximum atomic E-state index is 12.3. The Kier molecular flexibility index (Phi) is 6.28. The minimum atomic E-state index is 0. The monoisotopic (exact) mass is 260 g/mol. The van der Waals surface area contributed by atoms with E-state index >= 15 is 0 Å². The second-order valence-corrected chi connectivity index (χ2v) is 5.38. The van der Waals surface area contributed by atoms with Crippen LogP contribution in [0, 0.1) is 5.92 Å². The molecule has 3 nitrogen and oxygen atoms in total. The second-order valence-electron chi connectivity index (χ2n) is 5.38. The minimum Gasteiger partial charge on any atom is -0.341 e. The van der Waals surface area contributed by atoms with Gasteiger partial charge < -0.3 is 10.6 Å². The molecule has 1 atom stereocenters. The Labute approximate surface area is 111 Å². The van der Waals surface area contributed by atoms with Gasteiger partial charge in [0, 0.05) is 25.0 Å². The van der Waals surface area contributed by atoms with Crippen molar-refractivity contribution in [2.24, 2.45) is 11.7 Å². The van der Waals surface area contributed by atoms with Crippen molar-refractivity contribution in [1.82, 2.24) is 4.90 Å². The van der Waals surface area contributed by atoms with Gasteiger partial charge in [0.05, 0.1) is 0 Å². The van der Waals surface area contributed by atoms with Crippen LogP contribution >= 0.6 is 12.4 Å². The molecule has 2 N–H and O–H groups in total. The van der Waals surface area contributed by atoms with Crippen molar-refractivity contribution in [1.29, 1.82) is 0 Å². The average Bonchev–Trinajstić information content (AvgIpc) is 2.63. The molecule has 0 radical (unpaired) electrons. The quantitative estimate of drug-likeness (QED) is 0.787. The second kappa shape index (κ2) is 7.22. The molecule has 0 aromatic rings. The summed E-state index contributed by atoms with van der Waals surface area (Å²) >= 11 is 0.